The van der Waals surface area contributed by atoms with Gasteiger partial charge in [0, 0.05) is 17.0 Å². The highest BCUT2D eigenvalue weighted by molar-refractivity contribution is 5.89. The minimum atomic E-state index is -0.512. The highest BCUT2D eigenvalue weighted by atomic mass is 16.5. The second-order valence-electron chi connectivity index (χ2n) is 4.25. The monoisotopic (exact) mass is 261 g/mol. The van der Waals surface area contributed by atoms with Crippen LogP contribution in [0.2, 0.25) is 0 Å². The zero-order valence-corrected chi connectivity index (χ0v) is 11.0. The van der Waals surface area contributed by atoms with E-state index in [1.807, 2.05) is 0 Å². The summed E-state index contributed by atoms with van der Waals surface area (Å²) in [6.45, 7) is 1.71. The van der Waals surface area contributed by atoms with Gasteiger partial charge in [-0.25, -0.2) is 0 Å². The Balaban J connectivity index is 2.70. The number of H-pyrrole nitrogens is 1. The molecule has 0 aliphatic heterocycles. The summed E-state index contributed by atoms with van der Waals surface area (Å²) < 4.78 is 9.90. The molecule has 1 aromatic carbocycles. The first-order valence-corrected chi connectivity index (χ1v) is 5.85. The molecular formula is C14H15NO4. The summed E-state index contributed by atoms with van der Waals surface area (Å²) in [5, 5.41) is 0.775. The van der Waals surface area contributed by atoms with Crippen molar-refractivity contribution in [1.29, 1.82) is 0 Å². The predicted octanol–water partition coefficient (Wildman–Crippen LogP) is 1.81. The van der Waals surface area contributed by atoms with Crippen molar-refractivity contribution in [3.05, 3.63) is 40.2 Å². The van der Waals surface area contributed by atoms with Crippen LogP contribution in [-0.2, 0) is 9.53 Å². The van der Waals surface area contributed by atoms with Crippen molar-refractivity contribution in [3.63, 3.8) is 0 Å². The fourth-order valence-electron chi connectivity index (χ4n) is 2.05. The fraction of sp³-hybridized carbons (Fsp3) is 0.286. The molecule has 1 N–H and O–H groups in total. The third-order valence-electron chi connectivity index (χ3n) is 3.10. The van der Waals surface area contributed by atoms with Crippen LogP contribution in [0.25, 0.3) is 10.9 Å². The first-order chi connectivity index (χ1) is 9.06. The number of carbonyl (C=O) groups is 1. The molecule has 0 bridgehead atoms. The maximum Gasteiger partial charge on any atom is 0.312 e. The molecule has 1 aromatic heterocycles. The number of esters is 1. The minimum absolute atomic E-state index is 0.247. The van der Waals surface area contributed by atoms with Crippen molar-refractivity contribution in [2.24, 2.45) is 0 Å². The Morgan fingerprint density at radius 1 is 1.26 bits per heavy atom. The van der Waals surface area contributed by atoms with E-state index in [4.69, 9.17) is 9.47 Å². The lowest BCUT2D eigenvalue weighted by atomic mass is 9.97. The zero-order chi connectivity index (χ0) is 14.0. The van der Waals surface area contributed by atoms with Gasteiger partial charge in [0.1, 0.15) is 5.75 Å². The average molecular weight is 261 g/mol. The van der Waals surface area contributed by atoms with Crippen LogP contribution in [0.1, 0.15) is 18.4 Å². The number of carbonyl (C=O) groups excluding carboxylic acids is 1. The lowest BCUT2D eigenvalue weighted by Crippen LogP contribution is -2.15. The van der Waals surface area contributed by atoms with Crippen molar-refractivity contribution in [3.8, 4) is 5.75 Å². The summed E-state index contributed by atoms with van der Waals surface area (Å²) in [7, 11) is 2.89. The lowest BCUT2D eigenvalue weighted by Gasteiger charge is -2.13. The number of aromatic nitrogens is 1. The number of hydrogen-bond donors (Lipinski definition) is 1. The molecule has 0 radical (unpaired) electrons. The molecule has 1 unspecified atom stereocenters. The van der Waals surface area contributed by atoms with E-state index < -0.39 is 5.92 Å². The summed E-state index contributed by atoms with van der Waals surface area (Å²) >= 11 is 0. The van der Waals surface area contributed by atoms with Gasteiger partial charge in [0.05, 0.1) is 20.1 Å². The summed E-state index contributed by atoms with van der Waals surface area (Å²) in [5.74, 6) is -0.227. The lowest BCUT2D eigenvalue weighted by molar-refractivity contribution is -0.141. The quantitative estimate of drug-likeness (QED) is 0.856. The van der Waals surface area contributed by atoms with E-state index in [2.05, 4.69) is 4.98 Å². The number of rotatable bonds is 3. The second kappa shape index (κ2) is 5.14. The van der Waals surface area contributed by atoms with Crippen LogP contribution in [0.3, 0.4) is 0 Å². The molecule has 0 fully saturated rings. The molecule has 0 aliphatic rings. The summed E-state index contributed by atoms with van der Waals surface area (Å²) in [5.41, 5.74) is 1.05. The van der Waals surface area contributed by atoms with E-state index in [1.165, 1.54) is 13.2 Å². The van der Waals surface area contributed by atoms with E-state index in [9.17, 15) is 9.59 Å². The molecule has 2 aromatic rings. The smallest absolute Gasteiger partial charge is 0.312 e. The van der Waals surface area contributed by atoms with E-state index in [0.717, 1.165) is 5.39 Å². The molecule has 0 saturated carbocycles. The van der Waals surface area contributed by atoms with Gasteiger partial charge in [-0.2, -0.15) is 0 Å². The van der Waals surface area contributed by atoms with Gasteiger partial charge >= 0.3 is 5.97 Å². The molecule has 0 amide bonds. The molecule has 2 rings (SSSR count). The van der Waals surface area contributed by atoms with E-state index in [1.54, 1.807) is 32.2 Å². The normalized spacial score (nSPS) is 12.2. The third-order valence-corrected chi connectivity index (χ3v) is 3.10. The Labute approximate surface area is 110 Å². The van der Waals surface area contributed by atoms with Crippen molar-refractivity contribution < 1.29 is 14.3 Å². The number of methoxy groups -OCH3 is 2. The van der Waals surface area contributed by atoms with Gasteiger partial charge in [0.15, 0.2) is 0 Å². The number of pyridine rings is 1. The summed E-state index contributed by atoms with van der Waals surface area (Å²) in [4.78, 5) is 26.0. The van der Waals surface area contributed by atoms with Crippen LogP contribution in [0.5, 0.6) is 5.75 Å². The van der Waals surface area contributed by atoms with Gasteiger partial charge in [-0.3, -0.25) is 9.59 Å². The Bertz CT molecular complexity index is 675. The number of ether oxygens (including phenoxy) is 2. The summed E-state index contributed by atoms with van der Waals surface area (Å²) in [6.07, 6.45) is 0. The Hall–Kier alpha value is -2.30. The molecule has 19 heavy (non-hydrogen) atoms. The van der Waals surface area contributed by atoms with Crippen molar-refractivity contribution in [2.45, 2.75) is 12.8 Å². The van der Waals surface area contributed by atoms with E-state index >= 15 is 0 Å². The standard InChI is InChI=1S/C14H15NO4/c1-8(14(17)19-3)10-7-13(16)15-12-5-4-9(18-2)6-11(10)12/h4-8H,1-3H3,(H,15,16). The van der Waals surface area contributed by atoms with Crippen molar-refractivity contribution in [2.75, 3.05) is 14.2 Å². The van der Waals surface area contributed by atoms with Gasteiger partial charge in [0.25, 0.3) is 0 Å². The van der Waals surface area contributed by atoms with Crippen molar-refractivity contribution >= 4 is 16.9 Å². The molecule has 0 spiro atoms. The minimum Gasteiger partial charge on any atom is -0.497 e. The van der Waals surface area contributed by atoms with Gasteiger partial charge in [-0.1, -0.05) is 0 Å². The second-order valence-corrected chi connectivity index (χ2v) is 4.25. The first-order valence-electron chi connectivity index (χ1n) is 5.85. The number of fused-ring (bicyclic) bond motifs is 1. The molecule has 100 valence electrons. The molecule has 1 atom stereocenters. The van der Waals surface area contributed by atoms with Crippen LogP contribution < -0.4 is 10.3 Å². The highest BCUT2D eigenvalue weighted by Gasteiger charge is 2.19. The summed E-state index contributed by atoms with van der Waals surface area (Å²) in [6, 6.07) is 6.72. The molecule has 5 nitrogen and oxygen atoms in total. The van der Waals surface area contributed by atoms with Crippen molar-refractivity contribution in [1.82, 2.24) is 4.98 Å². The van der Waals surface area contributed by atoms with Crippen LogP contribution >= 0.6 is 0 Å². The zero-order valence-electron chi connectivity index (χ0n) is 11.0. The van der Waals surface area contributed by atoms with E-state index in [-0.39, 0.29) is 11.5 Å². The largest absolute Gasteiger partial charge is 0.497 e. The molecule has 0 aliphatic carbocycles. The molecule has 0 saturated heterocycles. The Kier molecular flexibility index (Phi) is 3.55. The first kappa shape index (κ1) is 13.1. The predicted molar refractivity (Wildman–Crippen MR) is 71.6 cm³/mol. The van der Waals surface area contributed by atoms with E-state index in [0.29, 0.717) is 16.8 Å². The Morgan fingerprint density at radius 3 is 2.63 bits per heavy atom. The van der Waals surface area contributed by atoms with Crippen LogP contribution in [0.4, 0.5) is 0 Å². The molecule has 5 heteroatoms. The maximum atomic E-state index is 11.7. The number of benzene rings is 1. The topological polar surface area (TPSA) is 68.4 Å². The number of nitrogens with one attached hydrogen (secondary N) is 1. The van der Waals surface area contributed by atoms with Crippen LogP contribution in [0.15, 0.2) is 29.1 Å². The molecular weight excluding hydrogens is 246 g/mol. The molecule has 1 heterocycles. The number of hydrogen-bond acceptors (Lipinski definition) is 4. The number of aromatic amines is 1. The van der Waals surface area contributed by atoms with Gasteiger partial charge in [0.2, 0.25) is 5.56 Å². The van der Waals surface area contributed by atoms with Gasteiger partial charge in [-0.05, 0) is 30.7 Å². The maximum absolute atomic E-state index is 11.7. The van der Waals surface area contributed by atoms with Crippen LogP contribution in [0, 0.1) is 0 Å². The average Bonchev–Trinajstić information content (AvgIpc) is 2.44. The highest BCUT2D eigenvalue weighted by Crippen LogP contribution is 2.27. The third kappa shape index (κ3) is 2.45. The fourth-order valence-corrected chi connectivity index (χ4v) is 2.05. The van der Waals surface area contributed by atoms with Gasteiger partial charge < -0.3 is 14.5 Å². The van der Waals surface area contributed by atoms with Crippen LogP contribution in [-0.4, -0.2) is 25.2 Å². The Morgan fingerprint density at radius 2 is 2.00 bits per heavy atom. The SMILES string of the molecule is COC(=O)C(C)c1cc(=O)[nH]c2ccc(OC)cc12. The van der Waals surface area contributed by atoms with Gasteiger partial charge in [-0.15, -0.1) is 0 Å².